The Hall–Kier alpha value is -1.61. The molecule has 0 spiro atoms. The van der Waals surface area contributed by atoms with Crippen molar-refractivity contribution in [3.8, 4) is 11.8 Å². The lowest BCUT2D eigenvalue weighted by molar-refractivity contribution is 0.126. The molecule has 0 unspecified atom stereocenters. The smallest absolute Gasteiger partial charge is 0.120 e. The fraction of sp³-hybridized carbons (Fsp3) is 0.611. The number of aliphatic hydroxyl groups is 1. The molecule has 1 saturated heterocycles. The average molecular weight is 317 g/mol. The number of hydrogen-bond donors (Lipinski definition) is 1. The van der Waals surface area contributed by atoms with Crippen LogP contribution in [0, 0.1) is 17.2 Å². The van der Waals surface area contributed by atoms with Crippen LogP contribution in [0.2, 0.25) is 0 Å². The number of nitriles is 1. The van der Waals surface area contributed by atoms with Gasteiger partial charge in [-0.25, -0.2) is 0 Å². The van der Waals surface area contributed by atoms with Gasteiger partial charge in [0.15, 0.2) is 0 Å². The van der Waals surface area contributed by atoms with Crippen LogP contribution in [0.5, 0.6) is 5.75 Å². The summed E-state index contributed by atoms with van der Waals surface area (Å²) in [6.07, 6.45) is 2.41. The minimum atomic E-state index is 0.259. The van der Waals surface area contributed by atoms with E-state index in [0.717, 1.165) is 44.4 Å². The minimum absolute atomic E-state index is 0.259. The lowest BCUT2D eigenvalue weighted by Gasteiger charge is -2.33. The number of rotatable bonds is 8. The van der Waals surface area contributed by atoms with Crippen LogP contribution in [0.1, 0.15) is 18.4 Å². The van der Waals surface area contributed by atoms with Crippen molar-refractivity contribution in [3.63, 3.8) is 0 Å². The van der Waals surface area contributed by atoms with E-state index in [0.29, 0.717) is 12.2 Å². The van der Waals surface area contributed by atoms with E-state index < -0.39 is 0 Å². The molecule has 0 aromatic heterocycles. The number of benzene rings is 1. The Morgan fingerprint density at radius 1 is 1.39 bits per heavy atom. The Labute approximate surface area is 139 Å². The van der Waals surface area contributed by atoms with Crippen molar-refractivity contribution in [1.29, 1.82) is 5.26 Å². The van der Waals surface area contributed by atoms with Crippen molar-refractivity contribution >= 4 is 0 Å². The maximum Gasteiger partial charge on any atom is 0.120 e. The normalized spacial score (nSPS) is 16.4. The van der Waals surface area contributed by atoms with E-state index in [9.17, 15) is 0 Å². The van der Waals surface area contributed by atoms with Crippen LogP contribution >= 0.6 is 0 Å². The molecule has 1 aromatic carbocycles. The molecule has 1 aliphatic heterocycles. The van der Waals surface area contributed by atoms with Crippen LogP contribution in [0.3, 0.4) is 0 Å². The Morgan fingerprint density at radius 3 is 2.87 bits per heavy atom. The van der Waals surface area contributed by atoms with Crippen molar-refractivity contribution in [1.82, 2.24) is 9.80 Å². The molecule has 23 heavy (non-hydrogen) atoms. The second-order valence-corrected chi connectivity index (χ2v) is 6.26. The third kappa shape index (κ3) is 6.19. The van der Waals surface area contributed by atoms with Crippen LogP contribution < -0.4 is 4.74 Å². The van der Waals surface area contributed by atoms with E-state index in [1.165, 1.54) is 12.8 Å². The molecule has 2 rings (SSSR count). The lowest BCUT2D eigenvalue weighted by Crippen LogP contribution is -2.39. The first-order chi connectivity index (χ1) is 11.2. The Kier molecular flexibility index (Phi) is 7.34. The van der Waals surface area contributed by atoms with Crippen LogP contribution in [0.15, 0.2) is 24.3 Å². The second-order valence-electron chi connectivity index (χ2n) is 6.26. The summed E-state index contributed by atoms with van der Waals surface area (Å²) >= 11 is 0. The van der Waals surface area contributed by atoms with Gasteiger partial charge in [-0.05, 0) is 57.1 Å². The van der Waals surface area contributed by atoms with Gasteiger partial charge in [-0.2, -0.15) is 5.26 Å². The zero-order chi connectivity index (χ0) is 16.5. The maximum absolute atomic E-state index is 8.97. The summed E-state index contributed by atoms with van der Waals surface area (Å²) < 4.78 is 5.73. The molecule has 5 heteroatoms. The molecule has 1 heterocycles. The molecule has 1 aliphatic rings. The van der Waals surface area contributed by atoms with E-state index in [1.807, 2.05) is 12.1 Å². The number of ether oxygens (including phenoxy) is 1. The molecule has 5 nitrogen and oxygen atoms in total. The number of nitrogens with zero attached hydrogens (tertiary/aromatic N) is 3. The van der Waals surface area contributed by atoms with Gasteiger partial charge >= 0.3 is 0 Å². The number of likely N-dealkylation sites (tertiary alicyclic amines) is 1. The van der Waals surface area contributed by atoms with E-state index in [-0.39, 0.29) is 6.61 Å². The molecule has 0 radical (unpaired) electrons. The molecule has 0 bridgehead atoms. The van der Waals surface area contributed by atoms with Gasteiger partial charge in [-0.3, -0.25) is 0 Å². The standard InChI is InChI=1S/C18H27N3O2/c1-20(15-16-5-7-21(8-6-16)9-11-22)10-12-23-18-4-2-3-17(13-18)14-19/h2-4,13,16,22H,5-12,15H2,1H3. The fourth-order valence-electron chi connectivity index (χ4n) is 3.04. The third-order valence-corrected chi connectivity index (χ3v) is 4.40. The highest BCUT2D eigenvalue weighted by Gasteiger charge is 2.19. The molecule has 0 atom stereocenters. The SMILES string of the molecule is CN(CCOc1cccc(C#N)c1)CC1CCN(CCO)CC1. The molecule has 1 N–H and O–H groups in total. The highest BCUT2D eigenvalue weighted by Crippen LogP contribution is 2.18. The van der Waals surface area contributed by atoms with Crippen molar-refractivity contribution in [2.45, 2.75) is 12.8 Å². The molecule has 126 valence electrons. The van der Waals surface area contributed by atoms with E-state index in [4.69, 9.17) is 15.1 Å². The summed E-state index contributed by atoms with van der Waals surface area (Å²) in [6.45, 7) is 5.86. The van der Waals surface area contributed by atoms with E-state index >= 15 is 0 Å². The molecule has 1 aromatic rings. The van der Waals surface area contributed by atoms with Gasteiger partial charge in [0.2, 0.25) is 0 Å². The first-order valence-corrected chi connectivity index (χ1v) is 8.36. The van der Waals surface area contributed by atoms with Gasteiger partial charge in [-0.15, -0.1) is 0 Å². The van der Waals surface area contributed by atoms with Crippen molar-refractivity contribution in [2.75, 3.05) is 53.0 Å². The predicted molar refractivity (Wildman–Crippen MR) is 90.4 cm³/mol. The molecule has 0 saturated carbocycles. The second kappa shape index (κ2) is 9.51. The number of likely N-dealkylation sites (N-methyl/N-ethyl adjacent to an activating group) is 1. The largest absolute Gasteiger partial charge is 0.492 e. The quantitative estimate of drug-likeness (QED) is 0.789. The zero-order valence-electron chi connectivity index (χ0n) is 13.9. The zero-order valence-corrected chi connectivity index (χ0v) is 13.9. The van der Waals surface area contributed by atoms with Crippen LogP contribution in [-0.4, -0.2) is 67.9 Å². The maximum atomic E-state index is 8.97. The van der Waals surface area contributed by atoms with E-state index in [1.54, 1.807) is 12.1 Å². The first-order valence-electron chi connectivity index (χ1n) is 8.36. The summed E-state index contributed by atoms with van der Waals surface area (Å²) in [6, 6.07) is 9.41. The molecule has 0 aliphatic carbocycles. The summed E-state index contributed by atoms with van der Waals surface area (Å²) in [5, 5.41) is 17.9. The number of piperidine rings is 1. The first kappa shape index (κ1) is 17.7. The molecular weight excluding hydrogens is 290 g/mol. The lowest BCUT2D eigenvalue weighted by atomic mass is 9.96. The average Bonchev–Trinajstić information content (AvgIpc) is 2.57. The summed E-state index contributed by atoms with van der Waals surface area (Å²) in [4.78, 5) is 4.66. The number of aliphatic hydroxyl groups excluding tert-OH is 1. The molecule has 0 amide bonds. The van der Waals surface area contributed by atoms with Crippen molar-refractivity contribution in [2.24, 2.45) is 5.92 Å². The van der Waals surface area contributed by atoms with E-state index in [2.05, 4.69) is 22.9 Å². The third-order valence-electron chi connectivity index (χ3n) is 4.40. The Balaban J connectivity index is 1.64. The van der Waals surface area contributed by atoms with Crippen molar-refractivity contribution < 1.29 is 9.84 Å². The van der Waals surface area contributed by atoms with Crippen molar-refractivity contribution in [3.05, 3.63) is 29.8 Å². The van der Waals surface area contributed by atoms with Crippen LogP contribution in [0.25, 0.3) is 0 Å². The number of hydrogen-bond acceptors (Lipinski definition) is 5. The van der Waals surface area contributed by atoms with Gasteiger partial charge in [0.05, 0.1) is 18.2 Å². The molecule has 1 fully saturated rings. The Bertz CT molecular complexity index is 507. The highest BCUT2D eigenvalue weighted by atomic mass is 16.5. The molecular formula is C18H27N3O2. The summed E-state index contributed by atoms with van der Waals surface area (Å²) in [7, 11) is 2.13. The fourth-order valence-corrected chi connectivity index (χ4v) is 3.04. The summed E-state index contributed by atoms with van der Waals surface area (Å²) in [5.74, 6) is 1.49. The monoisotopic (exact) mass is 317 g/mol. The number of β-amino-alcohol motifs (C(OH)–C–C–N with tert-alkyl or cyclic N) is 1. The van der Waals surface area contributed by atoms with Crippen LogP contribution in [-0.2, 0) is 0 Å². The van der Waals surface area contributed by atoms with Crippen LogP contribution in [0.4, 0.5) is 0 Å². The van der Waals surface area contributed by atoms with Gasteiger partial charge in [0, 0.05) is 19.6 Å². The Morgan fingerprint density at radius 2 is 2.17 bits per heavy atom. The predicted octanol–water partition coefficient (Wildman–Crippen LogP) is 1.57. The topological polar surface area (TPSA) is 59.7 Å². The minimum Gasteiger partial charge on any atom is -0.492 e. The van der Waals surface area contributed by atoms with Gasteiger partial charge < -0.3 is 19.6 Å². The highest BCUT2D eigenvalue weighted by molar-refractivity contribution is 5.36. The van der Waals surface area contributed by atoms with Gasteiger partial charge in [0.25, 0.3) is 0 Å². The summed E-state index contributed by atoms with van der Waals surface area (Å²) in [5.41, 5.74) is 0.630. The van der Waals surface area contributed by atoms with Gasteiger partial charge in [0.1, 0.15) is 12.4 Å². The van der Waals surface area contributed by atoms with Gasteiger partial charge in [-0.1, -0.05) is 6.07 Å².